The van der Waals surface area contributed by atoms with Gasteiger partial charge in [-0.05, 0) is 80.3 Å². The second kappa shape index (κ2) is 7.12. The summed E-state index contributed by atoms with van der Waals surface area (Å²) in [6, 6.07) is 8.31. The van der Waals surface area contributed by atoms with Crippen LogP contribution in [0.4, 0.5) is 0 Å². The molecule has 19 heavy (non-hydrogen) atoms. The van der Waals surface area contributed by atoms with E-state index in [1.807, 2.05) is 12.3 Å². The van der Waals surface area contributed by atoms with Gasteiger partial charge in [-0.2, -0.15) is 0 Å². The molecule has 2 rings (SSSR count). The number of nitrogens with zero attached hydrogens (tertiary/aromatic N) is 1. The lowest BCUT2D eigenvalue weighted by atomic mass is 10.0. The van der Waals surface area contributed by atoms with Crippen molar-refractivity contribution in [1.29, 1.82) is 0 Å². The minimum absolute atomic E-state index is 0.0560. The topological polar surface area (TPSA) is 50.9 Å². The molecule has 2 aromatic rings. The molecule has 1 aromatic heterocycles. The molecule has 0 aliphatic rings. The SMILES string of the molecule is NNC(Cc1cncc(Br)c1)c1cc(Br)ccc1I. The van der Waals surface area contributed by atoms with Crippen LogP contribution >= 0.6 is 54.5 Å². The largest absolute Gasteiger partial charge is 0.271 e. The Bertz CT molecular complexity index is 578. The van der Waals surface area contributed by atoms with Crippen LogP contribution in [0.2, 0.25) is 0 Å². The number of hydrogen-bond acceptors (Lipinski definition) is 3. The lowest BCUT2D eigenvalue weighted by Gasteiger charge is -2.18. The zero-order valence-electron chi connectivity index (χ0n) is 9.91. The third kappa shape index (κ3) is 4.22. The molecule has 0 aliphatic carbocycles. The van der Waals surface area contributed by atoms with E-state index >= 15 is 0 Å². The number of hydrogen-bond donors (Lipinski definition) is 2. The van der Waals surface area contributed by atoms with E-state index in [2.05, 4.69) is 83.1 Å². The van der Waals surface area contributed by atoms with Gasteiger partial charge in [0, 0.05) is 24.9 Å². The summed E-state index contributed by atoms with van der Waals surface area (Å²) in [6.07, 6.45) is 4.42. The normalized spacial score (nSPS) is 12.4. The first-order chi connectivity index (χ1) is 9.10. The molecule has 3 nitrogen and oxygen atoms in total. The average Bonchev–Trinajstić information content (AvgIpc) is 2.39. The van der Waals surface area contributed by atoms with Crippen LogP contribution in [0.5, 0.6) is 0 Å². The van der Waals surface area contributed by atoms with Crippen LogP contribution in [0.1, 0.15) is 17.2 Å². The Morgan fingerprint density at radius 2 is 2.00 bits per heavy atom. The van der Waals surface area contributed by atoms with Gasteiger partial charge in [-0.25, -0.2) is 0 Å². The number of benzene rings is 1. The van der Waals surface area contributed by atoms with Gasteiger partial charge in [-0.15, -0.1) is 0 Å². The summed E-state index contributed by atoms with van der Waals surface area (Å²) in [6.45, 7) is 0. The summed E-state index contributed by atoms with van der Waals surface area (Å²) in [5.41, 5.74) is 5.20. The van der Waals surface area contributed by atoms with E-state index in [0.29, 0.717) is 0 Å². The second-order valence-corrected chi connectivity index (χ2v) is 7.09. The van der Waals surface area contributed by atoms with Crippen molar-refractivity contribution < 1.29 is 0 Å². The van der Waals surface area contributed by atoms with Crippen LogP contribution < -0.4 is 11.3 Å². The molecule has 0 saturated heterocycles. The molecule has 0 amide bonds. The number of pyridine rings is 1. The van der Waals surface area contributed by atoms with Gasteiger partial charge >= 0.3 is 0 Å². The summed E-state index contributed by atoms with van der Waals surface area (Å²) in [7, 11) is 0. The number of hydrazine groups is 1. The number of nitrogens with one attached hydrogen (secondary N) is 1. The molecule has 1 heterocycles. The van der Waals surface area contributed by atoms with Gasteiger partial charge < -0.3 is 0 Å². The maximum Gasteiger partial charge on any atom is 0.0511 e. The molecule has 0 spiro atoms. The van der Waals surface area contributed by atoms with Crippen LogP contribution in [0.25, 0.3) is 0 Å². The Kier molecular flexibility index (Phi) is 5.76. The number of rotatable bonds is 4. The maximum atomic E-state index is 5.71. The zero-order valence-corrected chi connectivity index (χ0v) is 15.2. The number of aromatic nitrogens is 1. The van der Waals surface area contributed by atoms with Crippen molar-refractivity contribution in [3.8, 4) is 0 Å². The van der Waals surface area contributed by atoms with Gasteiger partial charge in [0.05, 0.1) is 6.04 Å². The first-order valence-electron chi connectivity index (χ1n) is 5.60. The fraction of sp³-hybridized carbons (Fsp3) is 0.154. The summed E-state index contributed by atoms with van der Waals surface area (Å²) >= 11 is 9.26. The summed E-state index contributed by atoms with van der Waals surface area (Å²) in [5.74, 6) is 5.71. The predicted molar refractivity (Wildman–Crippen MR) is 92.6 cm³/mol. The van der Waals surface area contributed by atoms with Crippen molar-refractivity contribution in [3.05, 3.63) is 60.3 Å². The minimum Gasteiger partial charge on any atom is -0.271 e. The highest BCUT2D eigenvalue weighted by Crippen LogP contribution is 2.26. The summed E-state index contributed by atoms with van der Waals surface area (Å²) in [5, 5.41) is 0. The number of halogens is 3. The molecule has 1 aromatic carbocycles. The first-order valence-corrected chi connectivity index (χ1v) is 8.27. The second-order valence-electron chi connectivity index (χ2n) is 4.10. The molecule has 3 N–H and O–H groups in total. The molecule has 0 aliphatic heterocycles. The van der Waals surface area contributed by atoms with Gasteiger partial charge in [-0.3, -0.25) is 16.3 Å². The highest BCUT2D eigenvalue weighted by Gasteiger charge is 2.14. The first kappa shape index (κ1) is 15.4. The zero-order chi connectivity index (χ0) is 13.8. The number of nitrogens with two attached hydrogens (primary N) is 1. The average molecular weight is 497 g/mol. The Labute approximate surface area is 142 Å². The fourth-order valence-corrected chi connectivity index (χ4v) is 3.35. The predicted octanol–water partition coefficient (Wildman–Crippen LogP) is 3.96. The van der Waals surface area contributed by atoms with E-state index < -0.39 is 0 Å². The molecule has 1 atom stereocenters. The van der Waals surface area contributed by atoms with Crippen LogP contribution in [-0.2, 0) is 6.42 Å². The lowest BCUT2D eigenvalue weighted by molar-refractivity contribution is 0.548. The van der Waals surface area contributed by atoms with E-state index in [-0.39, 0.29) is 6.04 Å². The van der Waals surface area contributed by atoms with Crippen molar-refractivity contribution in [3.63, 3.8) is 0 Å². The molecule has 6 heteroatoms. The van der Waals surface area contributed by atoms with E-state index in [1.165, 1.54) is 9.13 Å². The van der Waals surface area contributed by atoms with E-state index in [1.54, 1.807) is 6.20 Å². The lowest BCUT2D eigenvalue weighted by Crippen LogP contribution is -2.30. The Morgan fingerprint density at radius 1 is 1.21 bits per heavy atom. The monoisotopic (exact) mass is 495 g/mol. The summed E-state index contributed by atoms with van der Waals surface area (Å²) < 4.78 is 3.21. The van der Waals surface area contributed by atoms with Crippen molar-refractivity contribution in [2.24, 2.45) is 5.84 Å². The smallest absolute Gasteiger partial charge is 0.0511 e. The third-order valence-electron chi connectivity index (χ3n) is 2.74. The standard InChI is InChI=1S/C13H12Br2IN3/c14-9-1-2-12(16)11(5-9)13(19-17)4-8-3-10(15)7-18-6-8/h1-3,5-7,13,19H,4,17H2. The molecule has 1 unspecified atom stereocenters. The van der Waals surface area contributed by atoms with E-state index in [4.69, 9.17) is 5.84 Å². The van der Waals surface area contributed by atoms with E-state index in [0.717, 1.165) is 20.9 Å². The molecule has 100 valence electrons. The molecular weight excluding hydrogens is 485 g/mol. The van der Waals surface area contributed by atoms with Gasteiger partial charge in [-0.1, -0.05) is 15.9 Å². The molecule has 0 bridgehead atoms. The van der Waals surface area contributed by atoms with Crippen molar-refractivity contribution in [2.75, 3.05) is 0 Å². The van der Waals surface area contributed by atoms with Gasteiger partial charge in [0.2, 0.25) is 0 Å². The molecule has 0 fully saturated rings. The van der Waals surface area contributed by atoms with Crippen LogP contribution in [-0.4, -0.2) is 4.98 Å². The minimum atomic E-state index is 0.0560. The summed E-state index contributed by atoms with van der Waals surface area (Å²) in [4.78, 5) is 4.18. The Morgan fingerprint density at radius 3 is 2.68 bits per heavy atom. The van der Waals surface area contributed by atoms with Gasteiger partial charge in [0.25, 0.3) is 0 Å². The Hall–Kier alpha value is -0.0200. The highest BCUT2D eigenvalue weighted by atomic mass is 127. The highest BCUT2D eigenvalue weighted by molar-refractivity contribution is 14.1. The van der Waals surface area contributed by atoms with Gasteiger partial charge in [0.1, 0.15) is 0 Å². The van der Waals surface area contributed by atoms with Crippen molar-refractivity contribution >= 4 is 54.5 Å². The van der Waals surface area contributed by atoms with Crippen molar-refractivity contribution in [1.82, 2.24) is 10.4 Å². The third-order valence-corrected chi connectivity index (χ3v) is 4.65. The quantitative estimate of drug-likeness (QED) is 0.383. The molecular formula is C13H12Br2IN3. The fourth-order valence-electron chi connectivity index (χ4n) is 1.84. The van der Waals surface area contributed by atoms with Crippen molar-refractivity contribution in [2.45, 2.75) is 12.5 Å². The van der Waals surface area contributed by atoms with E-state index in [9.17, 15) is 0 Å². The van der Waals surface area contributed by atoms with Crippen LogP contribution in [0, 0.1) is 3.57 Å². The van der Waals surface area contributed by atoms with Crippen LogP contribution in [0.15, 0.2) is 45.6 Å². The Balaban J connectivity index is 2.27. The molecule has 0 saturated carbocycles. The maximum absolute atomic E-state index is 5.71. The van der Waals surface area contributed by atoms with Gasteiger partial charge in [0.15, 0.2) is 0 Å². The van der Waals surface area contributed by atoms with Crippen LogP contribution in [0.3, 0.4) is 0 Å². The molecule has 0 radical (unpaired) electrons.